The van der Waals surface area contributed by atoms with Crippen LogP contribution in [0.25, 0.3) is 0 Å². The van der Waals surface area contributed by atoms with Crippen LogP contribution in [0, 0.1) is 23.7 Å². The monoisotopic (exact) mass is 948 g/mol. The van der Waals surface area contributed by atoms with Gasteiger partial charge in [0.15, 0.2) is 17.4 Å². The summed E-state index contributed by atoms with van der Waals surface area (Å²) in [6, 6.07) is 2.00. The summed E-state index contributed by atoms with van der Waals surface area (Å²) in [5, 5.41) is 0. The van der Waals surface area contributed by atoms with Crippen molar-refractivity contribution in [3.63, 3.8) is 0 Å². The van der Waals surface area contributed by atoms with Gasteiger partial charge < -0.3 is 12.3 Å². The fraction of sp³-hybridized carbons (Fsp3) is 0.700. The highest BCUT2D eigenvalue weighted by Gasteiger charge is 2.53. The maximum absolute atomic E-state index is 13.0. The van der Waals surface area contributed by atoms with Crippen molar-refractivity contribution in [1.82, 2.24) is 19.6 Å². The molecule has 0 spiro atoms. The van der Waals surface area contributed by atoms with Crippen LogP contribution in [-0.4, -0.2) is 125 Å². The maximum Gasteiger partial charge on any atom is 0.315 e. The molecular weight excluding hydrogens is 889 g/mol. The maximum atomic E-state index is 13.0. The molecule has 0 saturated carbocycles. The van der Waals surface area contributed by atoms with E-state index >= 15 is 0 Å². The molecule has 0 aliphatic carbocycles. The minimum atomic E-state index is -3.24. The SMILES string of the molecule is CC(=O)N1C(=O)CC(CCC[SiH]2C[Si](C)(CCCC3CC(=O)N(C(C)=O)C3=O)O[Si](C)(CCCC3CC(=O)N(C(C)=O)C3=O)O[Si](C)(CCCC3CC(=O)N(C(C)=O)C3=O)O2)C1=O. The summed E-state index contributed by atoms with van der Waals surface area (Å²) in [5.41, 5.74) is 0.613. The van der Waals surface area contributed by atoms with Gasteiger partial charge in [0, 0.05) is 77.0 Å². The lowest BCUT2D eigenvalue weighted by Crippen LogP contribution is -2.62. The van der Waals surface area contributed by atoms with Gasteiger partial charge >= 0.3 is 17.1 Å². The van der Waals surface area contributed by atoms with E-state index in [1.165, 1.54) is 27.7 Å². The smallest absolute Gasteiger partial charge is 0.315 e. The van der Waals surface area contributed by atoms with E-state index < -0.39 is 129 Å². The van der Waals surface area contributed by atoms with Gasteiger partial charge in [-0.1, -0.05) is 25.7 Å². The van der Waals surface area contributed by atoms with Crippen molar-refractivity contribution in [3.8, 4) is 0 Å². The van der Waals surface area contributed by atoms with Crippen molar-refractivity contribution in [2.45, 2.75) is 154 Å². The van der Waals surface area contributed by atoms with Gasteiger partial charge in [-0.3, -0.25) is 57.5 Å². The molecule has 19 nitrogen and oxygen atoms in total. The van der Waals surface area contributed by atoms with Crippen LogP contribution in [0.5, 0.6) is 0 Å². The Hall–Kier alpha value is -4.01. The third-order valence-corrected chi connectivity index (χ3v) is 33.6. The molecule has 0 aromatic heterocycles. The van der Waals surface area contributed by atoms with Gasteiger partial charge in [0.25, 0.3) is 0 Å². The van der Waals surface area contributed by atoms with E-state index in [-0.39, 0.29) is 25.7 Å². The fourth-order valence-electron chi connectivity index (χ4n) is 10.1. The van der Waals surface area contributed by atoms with Crippen LogP contribution in [0.15, 0.2) is 0 Å². The van der Waals surface area contributed by atoms with Crippen LogP contribution < -0.4 is 0 Å². The molecule has 5 aliphatic rings. The molecule has 63 heavy (non-hydrogen) atoms. The Bertz CT molecular complexity index is 1910. The second-order valence-corrected chi connectivity index (χ2v) is 33.4. The summed E-state index contributed by atoms with van der Waals surface area (Å²) in [5.74, 6) is -9.29. The van der Waals surface area contributed by atoms with Gasteiger partial charge in [-0.05, 0) is 75.2 Å². The summed E-state index contributed by atoms with van der Waals surface area (Å²) in [7, 11) is -11.6. The number of hydrogen-bond acceptors (Lipinski definition) is 15. The molecule has 0 N–H and O–H groups in total. The molecule has 8 atom stereocenters. The Morgan fingerprint density at radius 2 is 0.810 bits per heavy atom. The summed E-state index contributed by atoms with van der Waals surface area (Å²) >= 11 is 0. The number of imide groups is 12. The van der Waals surface area contributed by atoms with Gasteiger partial charge in [-0.15, -0.1) is 0 Å². The zero-order valence-electron chi connectivity index (χ0n) is 37.3. The van der Waals surface area contributed by atoms with Gasteiger partial charge in [-0.25, -0.2) is 19.6 Å². The molecule has 8 unspecified atom stereocenters. The number of carbonyl (C=O) groups is 12. The number of hydrogen-bond donors (Lipinski definition) is 0. The lowest BCUT2D eigenvalue weighted by Gasteiger charge is -2.48. The minimum Gasteiger partial charge on any atom is -0.439 e. The van der Waals surface area contributed by atoms with E-state index in [4.69, 9.17) is 12.3 Å². The zero-order valence-corrected chi connectivity index (χ0v) is 41.5. The average molecular weight is 949 g/mol. The van der Waals surface area contributed by atoms with E-state index in [1.54, 1.807) is 0 Å². The third-order valence-electron chi connectivity index (χ3n) is 12.9. The Balaban J connectivity index is 1.38. The van der Waals surface area contributed by atoms with Crippen molar-refractivity contribution in [2.75, 3.05) is 0 Å². The van der Waals surface area contributed by atoms with E-state index in [0.29, 0.717) is 101 Å². The Labute approximate surface area is 371 Å². The molecule has 5 saturated heterocycles. The van der Waals surface area contributed by atoms with Gasteiger partial charge in [0.1, 0.15) is 0 Å². The van der Waals surface area contributed by atoms with Crippen LogP contribution in [0.1, 0.15) is 105 Å². The molecule has 0 radical (unpaired) electrons. The first-order chi connectivity index (χ1) is 29.4. The summed E-state index contributed by atoms with van der Waals surface area (Å²) in [6.07, 6.45) is 3.03. The summed E-state index contributed by atoms with van der Waals surface area (Å²) in [6.45, 7) is 10.7. The first-order valence-corrected chi connectivity index (χ1v) is 31.9. The van der Waals surface area contributed by atoms with Crippen molar-refractivity contribution in [1.29, 1.82) is 0 Å². The molecule has 5 fully saturated rings. The highest BCUT2D eigenvalue weighted by Crippen LogP contribution is 2.40. The van der Waals surface area contributed by atoms with Gasteiger partial charge in [0.05, 0.1) is 0 Å². The molecule has 5 rings (SSSR count). The first-order valence-electron chi connectivity index (χ1n) is 22.0. The van der Waals surface area contributed by atoms with E-state index in [9.17, 15) is 57.5 Å². The lowest BCUT2D eigenvalue weighted by molar-refractivity contribution is -0.151. The quantitative estimate of drug-likeness (QED) is 0.160. The van der Waals surface area contributed by atoms with Crippen LogP contribution in [0.4, 0.5) is 0 Å². The second-order valence-electron chi connectivity index (χ2n) is 18.4. The number of likely N-dealkylation sites (tertiary alicyclic amines) is 4. The Morgan fingerprint density at radius 1 is 0.492 bits per heavy atom. The largest absolute Gasteiger partial charge is 0.439 e. The topological polar surface area (TPSA) is 245 Å². The molecule has 23 heteroatoms. The Morgan fingerprint density at radius 3 is 1.14 bits per heavy atom. The predicted octanol–water partition coefficient (Wildman–Crippen LogP) is 2.84. The number of rotatable bonds is 16. The highest BCUT2D eigenvalue weighted by atomic mass is 28.5. The number of amides is 12. The van der Waals surface area contributed by atoms with Crippen LogP contribution in [0.2, 0.25) is 49.5 Å². The molecule has 0 aromatic carbocycles. The molecule has 5 aliphatic heterocycles. The molecular formula is C40H60N4O15Si4. The summed E-state index contributed by atoms with van der Waals surface area (Å²) < 4.78 is 21.8. The third kappa shape index (κ3) is 11.6. The van der Waals surface area contributed by atoms with Crippen molar-refractivity contribution in [3.05, 3.63) is 0 Å². The van der Waals surface area contributed by atoms with Crippen molar-refractivity contribution in [2.24, 2.45) is 23.7 Å². The molecule has 0 bridgehead atoms. The lowest BCUT2D eigenvalue weighted by atomic mass is 10.0. The van der Waals surface area contributed by atoms with Crippen LogP contribution in [-0.2, 0) is 69.9 Å². The fourth-order valence-corrected chi connectivity index (χ4v) is 35.5. The highest BCUT2D eigenvalue weighted by molar-refractivity contribution is 6.95. The molecule has 0 aromatic rings. The van der Waals surface area contributed by atoms with Gasteiger partial charge in [0.2, 0.25) is 70.9 Å². The molecule has 5 heterocycles. The second kappa shape index (κ2) is 20.0. The van der Waals surface area contributed by atoms with E-state index in [1.807, 2.05) is 13.1 Å². The van der Waals surface area contributed by atoms with Crippen molar-refractivity contribution >= 4 is 105 Å². The molecule has 346 valence electrons. The van der Waals surface area contributed by atoms with E-state index in [2.05, 4.69) is 6.55 Å². The van der Waals surface area contributed by atoms with Crippen LogP contribution >= 0.6 is 0 Å². The van der Waals surface area contributed by atoms with Crippen LogP contribution in [0.3, 0.4) is 0 Å². The summed E-state index contributed by atoms with van der Waals surface area (Å²) in [4.78, 5) is 153. The van der Waals surface area contributed by atoms with Crippen molar-refractivity contribution < 1.29 is 69.9 Å². The number of carbonyl (C=O) groups excluding carboxylic acids is 12. The van der Waals surface area contributed by atoms with E-state index in [0.717, 1.165) is 0 Å². The first kappa shape index (κ1) is 50.0. The minimum absolute atomic E-state index is 0.0547. The number of nitrogens with zero attached hydrogens (tertiary/aromatic N) is 4. The van der Waals surface area contributed by atoms with Gasteiger partial charge in [-0.2, -0.15) is 0 Å². The predicted molar refractivity (Wildman–Crippen MR) is 229 cm³/mol. The normalized spacial score (nSPS) is 31.8. The molecule has 12 amide bonds. The standard InChI is InChI=1S/C40H60N4O15Si4/c1-25(45)41-33(49)20-29(37(41)53)12-8-16-60-24-61(5,17-9-13-30-21-34(50)42(26(2)46)38(30)54)58-63(7,19-11-15-32-23-36(52)44(28(4)48)40(32)56)59-62(6,57-60)18-10-14-31-22-35(51)43(27(3)47)39(31)55/h29-32,60H,8-24H2,1-7H3. The average Bonchev–Trinajstić information content (AvgIpc) is 3.81. The zero-order chi connectivity index (χ0) is 46.8. The Kier molecular flexibility index (Phi) is 15.9.